The molecule has 1 rings (SSSR count). The number of hydrogen-bond donors (Lipinski definition) is 1. The zero-order valence-corrected chi connectivity index (χ0v) is 12.7. The fourth-order valence-corrected chi connectivity index (χ4v) is 2.67. The number of carbonyl (C=O) groups excluding carboxylic acids is 1. The van der Waals surface area contributed by atoms with Gasteiger partial charge in [0.1, 0.15) is 5.01 Å². The maximum atomic E-state index is 11.8. The lowest BCUT2D eigenvalue weighted by Gasteiger charge is -2.14. The first-order valence-corrected chi connectivity index (χ1v) is 7.26. The molecule has 1 atom stereocenters. The van der Waals surface area contributed by atoms with Gasteiger partial charge in [0.25, 0.3) is 0 Å². The molecule has 5 heteroatoms. The van der Waals surface area contributed by atoms with Gasteiger partial charge in [-0.05, 0) is 11.8 Å². The van der Waals surface area contributed by atoms with Crippen LogP contribution in [-0.4, -0.2) is 16.1 Å². The molecule has 0 bridgehead atoms. The van der Waals surface area contributed by atoms with Crippen LogP contribution in [0, 0.1) is 11.3 Å². The highest BCUT2D eigenvalue weighted by Gasteiger charge is 2.17. The van der Waals surface area contributed by atoms with Crippen molar-refractivity contribution in [2.45, 2.75) is 53.9 Å². The van der Waals surface area contributed by atoms with E-state index in [9.17, 15) is 4.79 Å². The van der Waals surface area contributed by atoms with Crippen molar-refractivity contribution in [3.8, 4) is 0 Å². The third-order valence-corrected chi connectivity index (χ3v) is 3.39. The summed E-state index contributed by atoms with van der Waals surface area (Å²) in [6.07, 6.45) is 2.80. The smallest absolute Gasteiger partial charge is 0.229 e. The van der Waals surface area contributed by atoms with Crippen LogP contribution in [0.25, 0.3) is 0 Å². The lowest BCUT2D eigenvalue weighted by molar-refractivity contribution is -0.119. The van der Waals surface area contributed by atoms with Gasteiger partial charge < -0.3 is 5.32 Å². The van der Waals surface area contributed by atoms with E-state index in [2.05, 4.69) is 43.2 Å². The van der Waals surface area contributed by atoms with Crippen LogP contribution < -0.4 is 5.32 Å². The summed E-state index contributed by atoms with van der Waals surface area (Å²) >= 11 is 1.47. The lowest BCUT2D eigenvalue weighted by Crippen LogP contribution is -2.20. The van der Waals surface area contributed by atoms with Crippen LogP contribution in [0.4, 0.5) is 5.13 Å². The van der Waals surface area contributed by atoms with Crippen molar-refractivity contribution in [3.05, 3.63) is 5.01 Å². The predicted octanol–water partition coefficient (Wildman–Crippen LogP) is 3.50. The maximum absolute atomic E-state index is 11.8. The van der Waals surface area contributed by atoms with Gasteiger partial charge in [0, 0.05) is 12.3 Å². The van der Waals surface area contributed by atoms with E-state index in [0.29, 0.717) is 5.13 Å². The number of nitrogens with one attached hydrogen (secondary N) is 1. The number of aromatic nitrogens is 2. The number of carbonyl (C=O) groups is 1. The van der Waals surface area contributed by atoms with Crippen molar-refractivity contribution < 1.29 is 4.79 Å². The van der Waals surface area contributed by atoms with Gasteiger partial charge in [-0.3, -0.25) is 4.79 Å². The molecule has 0 saturated carbocycles. The molecule has 1 heterocycles. The Morgan fingerprint density at radius 2 is 2.06 bits per heavy atom. The van der Waals surface area contributed by atoms with Gasteiger partial charge in [0.15, 0.2) is 0 Å². The van der Waals surface area contributed by atoms with Crippen LogP contribution in [0.2, 0.25) is 0 Å². The maximum Gasteiger partial charge on any atom is 0.229 e. The lowest BCUT2D eigenvalue weighted by atomic mass is 9.93. The van der Waals surface area contributed by atoms with Crippen molar-refractivity contribution in [2.24, 2.45) is 11.3 Å². The van der Waals surface area contributed by atoms with E-state index >= 15 is 0 Å². The van der Waals surface area contributed by atoms with Gasteiger partial charge in [-0.2, -0.15) is 0 Å². The first-order valence-electron chi connectivity index (χ1n) is 6.45. The Balaban J connectivity index is 2.56. The molecule has 0 saturated heterocycles. The minimum atomic E-state index is 0.0324. The standard InChI is InChI=1S/C13H23N3OS/c1-6-7-9(2)11(17)14-12-16-15-10(18-12)8-13(3,4)5/h9H,6-8H2,1-5H3,(H,14,16,17). The molecule has 0 aliphatic rings. The van der Waals surface area contributed by atoms with Gasteiger partial charge in [0.2, 0.25) is 11.0 Å². The Morgan fingerprint density at radius 3 is 2.61 bits per heavy atom. The van der Waals surface area contributed by atoms with Crippen LogP contribution in [0.3, 0.4) is 0 Å². The Morgan fingerprint density at radius 1 is 1.39 bits per heavy atom. The topological polar surface area (TPSA) is 54.9 Å². The van der Waals surface area contributed by atoms with Crippen LogP contribution in [-0.2, 0) is 11.2 Å². The number of hydrogen-bond acceptors (Lipinski definition) is 4. The third kappa shape index (κ3) is 5.12. The molecule has 4 nitrogen and oxygen atoms in total. The van der Waals surface area contributed by atoms with E-state index in [4.69, 9.17) is 0 Å². The summed E-state index contributed by atoms with van der Waals surface area (Å²) in [7, 11) is 0. The molecular formula is C13H23N3OS. The van der Waals surface area contributed by atoms with Gasteiger partial charge in [-0.15, -0.1) is 10.2 Å². The zero-order chi connectivity index (χ0) is 13.8. The summed E-state index contributed by atoms with van der Waals surface area (Å²) in [5.41, 5.74) is 0.191. The van der Waals surface area contributed by atoms with Crippen LogP contribution in [0.15, 0.2) is 0 Å². The summed E-state index contributed by atoms with van der Waals surface area (Å²) in [4.78, 5) is 11.8. The van der Waals surface area contributed by atoms with Crippen molar-refractivity contribution >= 4 is 22.4 Å². The Hall–Kier alpha value is -0.970. The molecule has 1 unspecified atom stereocenters. The first-order chi connectivity index (χ1) is 8.31. The summed E-state index contributed by atoms with van der Waals surface area (Å²) in [6.45, 7) is 10.5. The fourth-order valence-electron chi connectivity index (χ4n) is 1.62. The Bertz CT molecular complexity index is 395. The molecule has 1 aromatic heterocycles. The molecule has 0 aromatic carbocycles. The fraction of sp³-hybridized carbons (Fsp3) is 0.769. The van der Waals surface area contributed by atoms with E-state index in [0.717, 1.165) is 24.3 Å². The summed E-state index contributed by atoms with van der Waals surface area (Å²) < 4.78 is 0. The molecule has 18 heavy (non-hydrogen) atoms. The van der Waals surface area contributed by atoms with Crippen molar-refractivity contribution in [3.63, 3.8) is 0 Å². The zero-order valence-electron chi connectivity index (χ0n) is 11.9. The van der Waals surface area contributed by atoms with Crippen molar-refractivity contribution in [2.75, 3.05) is 5.32 Å². The average Bonchev–Trinajstić information content (AvgIpc) is 2.63. The van der Waals surface area contributed by atoms with Gasteiger partial charge >= 0.3 is 0 Å². The van der Waals surface area contributed by atoms with E-state index in [1.54, 1.807) is 0 Å². The highest BCUT2D eigenvalue weighted by molar-refractivity contribution is 7.15. The number of rotatable bonds is 5. The van der Waals surface area contributed by atoms with Crippen LogP contribution in [0.5, 0.6) is 0 Å². The Labute approximate surface area is 113 Å². The monoisotopic (exact) mass is 269 g/mol. The molecule has 0 aliphatic heterocycles. The molecule has 0 spiro atoms. The highest BCUT2D eigenvalue weighted by Crippen LogP contribution is 2.25. The summed E-state index contributed by atoms with van der Waals surface area (Å²) in [5, 5.41) is 12.6. The number of nitrogens with zero attached hydrogens (tertiary/aromatic N) is 2. The van der Waals surface area contributed by atoms with Crippen molar-refractivity contribution in [1.29, 1.82) is 0 Å². The number of amides is 1. The third-order valence-electron chi connectivity index (χ3n) is 2.55. The van der Waals surface area contributed by atoms with E-state index in [-0.39, 0.29) is 17.2 Å². The summed E-state index contributed by atoms with van der Waals surface area (Å²) in [6, 6.07) is 0. The molecule has 1 N–H and O–H groups in total. The second kappa shape index (κ2) is 6.27. The molecular weight excluding hydrogens is 246 g/mol. The minimum absolute atomic E-state index is 0.0324. The normalized spacial score (nSPS) is 13.4. The molecule has 0 radical (unpaired) electrons. The SMILES string of the molecule is CCCC(C)C(=O)Nc1nnc(CC(C)(C)C)s1. The Kier molecular flexibility index (Phi) is 5.26. The van der Waals surface area contributed by atoms with E-state index in [1.807, 2.05) is 6.92 Å². The first kappa shape index (κ1) is 15.1. The molecule has 1 amide bonds. The highest BCUT2D eigenvalue weighted by atomic mass is 32.1. The van der Waals surface area contributed by atoms with Gasteiger partial charge in [-0.25, -0.2) is 0 Å². The summed E-state index contributed by atoms with van der Waals surface area (Å²) in [5.74, 6) is 0.0697. The minimum Gasteiger partial charge on any atom is -0.300 e. The van der Waals surface area contributed by atoms with E-state index < -0.39 is 0 Å². The van der Waals surface area contributed by atoms with Crippen LogP contribution in [0.1, 0.15) is 52.5 Å². The van der Waals surface area contributed by atoms with Gasteiger partial charge in [0.05, 0.1) is 0 Å². The van der Waals surface area contributed by atoms with Crippen LogP contribution >= 0.6 is 11.3 Å². The largest absolute Gasteiger partial charge is 0.300 e. The second-order valence-corrected chi connectivity index (χ2v) is 6.98. The second-order valence-electron chi connectivity index (χ2n) is 5.92. The molecule has 1 aromatic rings. The predicted molar refractivity (Wildman–Crippen MR) is 75.8 cm³/mol. The average molecular weight is 269 g/mol. The van der Waals surface area contributed by atoms with E-state index in [1.165, 1.54) is 11.3 Å². The molecule has 102 valence electrons. The van der Waals surface area contributed by atoms with Crippen molar-refractivity contribution in [1.82, 2.24) is 10.2 Å². The van der Waals surface area contributed by atoms with Gasteiger partial charge in [-0.1, -0.05) is 52.4 Å². The molecule has 0 fully saturated rings. The molecule has 0 aliphatic carbocycles. The quantitative estimate of drug-likeness (QED) is 0.890. The number of anilines is 1.